The highest BCUT2D eigenvalue weighted by Crippen LogP contribution is 2.25. The fourth-order valence-corrected chi connectivity index (χ4v) is 3.29. The van der Waals surface area contributed by atoms with Crippen LogP contribution in [0.1, 0.15) is 31.2 Å². The van der Waals surface area contributed by atoms with Gasteiger partial charge in [0.25, 0.3) is 0 Å². The molecule has 1 amide bonds. The second-order valence-electron chi connectivity index (χ2n) is 6.28. The molecule has 0 saturated heterocycles. The van der Waals surface area contributed by atoms with Crippen LogP contribution in [0.2, 0.25) is 5.02 Å². The molecule has 1 aromatic carbocycles. The lowest BCUT2D eigenvalue weighted by Gasteiger charge is -2.33. The molecule has 1 saturated carbocycles. The largest absolute Gasteiger partial charge is 0.349 e. The quantitative estimate of drug-likeness (QED) is 0.841. The van der Waals surface area contributed by atoms with Gasteiger partial charge in [0.2, 0.25) is 5.91 Å². The zero-order valence-electron chi connectivity index (χ0n) is 13.4. The molecule has 120 valence electrons. The second-order valence-corrected chi connectivity index (χ2v) is 6.68. The topological polar surface area (TPSA) is 32.3 Å². The molecule has 0 aromatic heterocycles. The van der Waals surface area contributed by atoms with Gasteiger partial charge in [-0.15, -0.1) is 0 Å². The number of benzene rings is 1. The molecule has 0 radical (unpaired) electrons. The van der Waals surface area contributed by atoms with Crippen LogP contribution in [-0.2, 0) is 4.79 Å². The first-order valence-electron chi connectivity index (χ1n) is 7.94. The highest BCUT2D eigenvalue weighted by molar-refractivity contribution is 6.32. The highest BCUT2D eigenvalue weighted by atomic mass is 35.5. The summed E-state index contributed by atoms with van der Waals surface area (Å²) in [5, 5.41) is 3.83. The van der Waals surface area contributed by atoms with Crippen molar-refractivity contribution >= 4 is 23.6 Å². The van der Waals surface area contributed by atoms with Crippen molar-refractivity contribution in [3.63, 3.8) is 0 Å². The smallest absolute Gasteiger partial charge is 0.244 e. The SMILES string of the molecule is CN(C)CC1CCCCC1NC(=O)/C=C/c1ccccc1Cl. The predicted octanol–water partition coefficient (Wildman–Crippen LogP) is 3.59. The van der Waals surface area contributed by atoms with Gasteiger partial charge in [-0.1, -0.05) is 42.6 Å². The van der Waals surface area contributed by atoms with Crippen molar-refractivity contribution in [1.82, 2.24) is 10.2 Å². The molecule has 0 aliphatic heterocycles. The van der Waals surface area contributed by atoms with Crippen LogP contribution < -0.4 is 5.32 Å². The molecule has 1 fully saturated rings. The normalized spacial score (nSPS) is 22.2. The van der Waals surface area contributed by atoms with Gasteiger partial charge in [-0.3, -0.25) is 4.79 Å². The Morgan fingerprint density at radius 3 is 2.77 bits per heavy atom. The zero-order chi connectivity index (χ0) is 15.9. The third-order valence-corrected chi connectivity index (χ3v) is 4.50. The van der Waals surface area contributed by atoms with Crippen LogP contribution in [0.15, 0.2) is 30.3 Å². The molecule has 4 heteroatoms. The lowest BCUT2D eigenvalue weighted by molar-refractivity contribution is -0.117. The van der Waals surface area contributed by atoms with E-state index < -0.39 is 0 Å². The van der Waals surface area contributed by atoms with E-state index in [4.69, 9.17) is 11.6 Å². The number of hydrogen-bond donors (Lipinski definition) is 1. The first-order chi connectivity index (χ1) is 10.6. The lowest BCUT2D eigenvalue weighted by atomic mass is 9.84. The minimum atomic E-state index is -0.0319. The van der Waals surface area contributed by atoms with Gasteiger partial charge >= 0.3 is 0 Å². The Bertz CT molecular complexity index is 528. The van der Waals surface area contributed by atoms with Gasteiger partial charge in [0, 0.05) is 23.7 Å². The third-order valence-electron chi connectivity index (χ3n) is 4.16. The first kappa shape index (κ1) is 17.0. The van der Waals surface area contributed by atoms with Crippen molar-refractivity contribution in [2.75, 3.05) is 20.6 Å². The third kappa shape index (κ3) is 5.15. The summed E-state index contributed by atoms with van der Waals surface area (Å²) >= 11 is 6.09. The average Bonchev–Trinajstić information content (AvgIpc) is 2.48. The van der Waals surface area contributed by atoms with Gasteiger partial charge in [0.15, 0.2) is 0 Å². The van der Waals surface area contributed by atoms with E-state index in [1.165, 1.54) is 19.3 Å². The second kappa shape index (κ2) is 8.35. The van der Waals surface area contributed by atoms with Gasteiger partial charge in [-0.05, 0) is 50.6 Å². The number of nitrogens with zero attached hydrogens (tertiary/aromatic N) is 1. The summed E-state index contributed by atoms with van der Waals surface area (Å²) in [6.45, 7) is 1.03. The number of nitrogens with one attached hydrogen (secondary N) is 1. The van der Waals surface area contributed by atoms with E-state index in [1.807, 2.05) is 24.3 Å². The van der Waals surface area contributed by atoms with Crippen molar-refractivity contribution in [2.45, 2.75) is 31.7 Å². The molecular weight excluding hydrogens is 296 g/mol. The summed E-state index contributed by atoms with van der Waals surface area (Å²) in [5.41, 5.74) is 0.868. The molecule has 1 aliphatic rings. The number of carbonyl (C=O) groups is 1. The minimum absolute atomic E-state index is 0.0319. The molecule has 2 unspecified atom stereocenters. The minimum Gasteiger partial charge on any atom is -0.349 e. The summed E-state index contributed by atoms with van der Waals surface area (Å²) in [6, 6.07) is 7.81. The van der Waals surface area contributed by atoms with Crippen molar-refractivity contribution in [3.05, 3.63) is 40.9 Å². The lowest BCUT2D eigenvalue weighted by Crippen LogP contribution is -2.44. The summed E-state index contributed by atoms with van der Waals surface area (Å²) in [7, 11) is 4.18. The Kier molecular flexibility index (Phi) is 6.47. The summed E-state index contributed by atoms with van der Waals surface area (Å²) in [5.74, 6) is 0.511. The van der Waals surface area contributed by atoms with E-state index in [0.717, 1.165) is 18.5 Å². The Morgan fingerprint density at radius 2 is 2.05 bits per heavy atom. The molecule has 1 aromatic rings. The predicted molar refractivity (Wildman–Crippen MR) is 92.9 cm³/mol. The number of halogens is 1. The molecule has 3 nitrogen and oxygen atoms in total. The van der Waals surface area contributed by atoms with E-state index in [2.05, 4.69) is 24.3 Å². The highest BCUT2D eigenvalue weighted by Gasteiger charge is 2.26. The monoisotopic (exact) mass is 320 g/mol. The Morgan fingerprint density at radius 1 is 1.32 bits per heavy atom. The van der Waals surface area contributed by atoms with E-state index in [0.29, 0.717) is 10.9 Å². The molecule has 2 atom stereocenters. The molecule has 0 heterocycles. The van der Waals surface area contributed by atoms with Crippen LogP contribution in [-0.4, -0.2) is 37.5 Å². The number of carbonyl (C=O) groups excluding carboxylic acids is 1. The van der Waals surface area contributed by atoms with E-state index >= 15 is 0 Å². The Labute approximate surface area is 138 Å². The van der Waals surface area contributed by atoms with Gasteiger partial charge in [-0.25, -0.2) is 0 Å². The van der Waals surface area contributed by atoms with Crippen LogP contribution >= 0.6 is 11.6 Å². The van der Waals surface area contributed by atoms with Crippen LogP contribution in [0.5, 0.6) is 0 Å². The van der Waals surface area contributed by atoms with Crippen molar-refractivity contribution in [1.29, 1.82) is 0 Å². The van der Waals surface area contributed by atoms with Crippen molar-refractivity contribution in [2.24, 2.45) is 5.92 Å². The van der Waals surface area contributed by atoms with Gasteiger partial charge < -0.3 is 10.2 Å². The van der Waals surface area contributed by atoms with E-state index in [1.54, 1.807) is 12.2 Å². The summed E-state index contributed by atoms with van der Waals surface area (Å²) in [6.07, 6.45) is 8.09. The summed E-state index contributed by atoms with van der Waals surface area (Å²) < 4.78 is 0. The Balaban J connectivity index is 1.94. The molecule has 0 bridgehead atoms. The molecule has 2 rings (SSSR count). The van der Waals surface area contributed by atoms with Crippen LogP contribution in [0.3, 0.4) is 0 Å². The van der Waals surface area contributed by atoms with Gasteiger partial charge in [0.1, 0.15) is 0 Å². The molecule has 1 aliphatic carbocycles. The van der Waals surface area contributed by atoms with Crippen LogP contribution in [0, 0.1) is 5.92 Å². The number of rotatable bonds is 5. The molecule has 22 heavy (non-hydrogen) atoms. The fourth-order valence-electron chi connectivity index (χ4n) is 3.09. The summed E-state index contributed by atoms with van der Waals surface area (Å²) in [4.78, 5) is 14.4. The maximum absolute atomic E-state index is 12.2. The number of amides is 1. The standard InChI is InChI=1S/C18H25ClN2O/c1-21(2)13-15-8-4-6-10-17(15)20-18(22)12-11-14-7-3-5-9-16(14)19/h3,5,7,9,11-12,15,17H,4,6,8,10,13H2,1-2H3,(H,20,22)/b12-11+. The van der Waals surface area contributed by atoms with Gasteiger partial charge in [0.05, 0.1) is 0 Å². The van der Waals surface area contributed by atoms with E-state index in [9.17, 15) is 4.79 Å². The fraction of sp³-hybridized carbons (Fsp3) is 0.500. The maximum atomic E-state index is 12.2. The number of hydrogen-bond acceptors (Lipinski definition) is 2. The van der Waals surface area contributed by atoms with Crippen molar-refractivity contribution < 1.29 is 4.79 Å². The Hall–Kier alpha value is -1.32. The van der Waals surface area contributed by atoms with Crippen LogP contribution in [0.25, 0.3) is 6.08 Å². The molecule has 0 spiro atoms. The van der Waals surface area contributed by atoms with Crippen LogP contribution in [0.4, 0.5) is 0 Å². The van der Waals surface area contributed by atoms with E-state index in [-0.39, 0.29) is 11.9 Å². The zero-order valence-corrected chi connectivity index (χ0v) is 14.1. The first-order valence-corrected chi connectivity index (χ1v) is 8.32. The maximum Gasteiger partial charge on any atom is 0.244 e. The van der Waals surface area contributed by atoms with Gasteiger partial charge in [-0.2, -0.15) is 0 Å². The molecule has 1 N–H and O–H groups in total. The van der Waals surface area contributed by atoms with Crippen molar-refractivity contribution in [3.8, 4) is 0 Å². The average molecular weight is 321 g/mol. The molecular formula is C18H25ClN2O.